The van der Waals surface area contributed by atoms with E-state index in [9.17, 15) is 4.79 Å². The van der Waals surface area contributed by atoms with E-state index in [4.69, 9.17) is 5.26 Å². The fourth-order valence-electron chi connectivity index (χ4n) is 1.51. The highest BCUT2D eigenvalue weighted by Gasteiger charge is 2.14. The Morgan fingerprint density at radius 2 is 2.29 bits per heavy atom. The number of nitriles is 1. The molecular formula is C13H16N2O2. The standard InChI is InChI=1S/C13H16N2O2/c1-10(7-13(16)17-3)15(2)12-6-4-5-11(8-12)9-14/h4-6,8,10H,7H2,1-3H3. The van der Waals surface area contributed by atoms with Gasteiger partial charge in [-0.15, -0.1) is 0 Å². The van der Waals surface area contributed by atoms with Crippen molar-refractivity contribution >= 4 is 11.7 Å². The van der Waals surface area contributed by atoms with Crippen LogP contribution in [-0.2, 0) is 9.53 Å². The number of ether oxygens (including phenoxy) is 1. The molecule has 17 heavy (non-hydrogen) atoms. The molecule has 0 bridgehead atoms. The minimum absolute atomic E-state index is 0.0244. The van der Waals surface area contributed by atoms with Crippen LogP contribution in [0.15, 0.2) is 24.3 Å². The molecule has 90 valence electrons. The average molecular weight is 232 g/mol. The van der Waals surface area contributed by atoms with Crippen molar-refractivity contribution < 1.29 is 9.53 Å². The minimum Gasteiger partial charge on any atom is -0.469 e. The maximum absolute atomic E-state index is 11.2. The molecule has 0 fully saturated rings. The van der Waals surface area contributed by atoms with E-state index in [-0.39, 0.29) is 12.0 Å². The fourth-order valence-corrected chi connectivity index (χ4v) is 1.51. The molecule has 1 rings (SSSR count). The van der Waals surface area contributed by atoms with E-state index in [1.807, 2.05) is 31.0 Å². The normalized spacial score (nSPS) is 11.4. The molecule has 0 aliphatic carbocycles. The molecule has 1 aromatic carbocycles. The summed E-state index contributed by atoms with van der Waals surface area (Å²) in [5.74, 6) is -0.235. The molecule has 0 radical (unpaired) electrons. The predicted octanol–water partition coefficient (Wildman–Crippen LogP) is 1.95. The number of benzene rings is 1. The molecule has 0 saturated carbocycles. The van der Waals surface area contributed by atoms with Crippen LogP contribution in [0.5, 0.6) is 0 Å². The molecule has 0 spiro atoms. The van der Waals surface area contributed by atoms with E-state index >= 15 is 0 Å². The van der Waals surface area contributed by atoms with Crippen molar-refractivity contribution in [2.24, 2.45) is 0 Å². The lowest BCUT2D eigenvalue weighted by molar-refractivity contribution is -0.140. The van der Waals surface area contributed by atoms with Gasteiger partial charge in [-0.3, -0.25) is 4.79 Å². The predicted molar refractivity (Wildman–Crippen MR) is 65.7 cm³/mol. The van der Waals surface area contributed by atoms with Crippen LogP contribution in [0.25, 0.3) is 0 Å². The summed E-state index contributed by atoms with van der Waals surface area (Å²) < 4.78 is 4.63. The van der Waals surface area contributed by atoms with E-state index in [1.54, 1.807) is 12.1 Å². The fraction of sp³-hybridized carbons (Fsp3) is 0.385. The number of carbonyl (C=O) groups excluding carboxylic acids is 1. The van der Waals surface area contributed by atoms with Crippen LogP contribution in [0.3, 0.4) is 0 Å². The third-order valence-corrected chi connectivity index (χ3v) is 2.73. The Labute approximate surface area is 101 Å². The molecule has 0 aliphatic heterocycles. The Hall–Kier alpha value is -2.02. The Bertz CT molecular complexity index is 437. The highest BCUT2D eigenvalue weighted by molar-refractivity contribution is 5.70. The summed E-state index contributed by atoms with van der Waals surface area (Å²) in [6.07, 6.45) is 0.323. The molecule has 1 atom stereocenters. The second kappa shape index (κ2) is 5.90. The first-order valence-corrected chi connectivity index (χ1v) is 5.38. The Kier molecular flexibility index (Phi) is 4.53. The highest BCUT2D eigenvalue weighted by atomic mass is 16.5. The zero-order chi connectivity index (χ0) is 12.8. The third kappa shape index (κ3) is 3.49. The first-order chi connectivity index (χ1) is 8.08. The van der Waals surface area contributed by atoms with Crippen molar-refractivity contribution in [3.8, 4) is 6.07 Å². The molecule has 0 N–H and O–H groups in total. The molecule has 4 nitrogen and oxygen atoms in total. The van der Waals surface area contributed by atoms with Crippen molar-refractivity contribution in [3.63, 3.8) is 0 Å². The quantitative estimate of drug-likeness (QED) is 0.744. The number of hydrogen-bond donors (Lipinski definition) is 0. The molecule has 0 aliphatic rings. The molecule has 0 heterocycles. The Morgan fingerprint density at radius 1 is 1.59 bits per heavy atom. The summed E-state index contributed by atoms with van der Waals surface area (Å²) in [7, 11) is 3.27. The first-order valence-electron chi connectivity index (χ1n) is 5.38. The van der Waals surface area contributed by atoms with Gasteiger partial charge < -0.3 is 9.64 Å². The second-order valence-corrected chi connectivity index (χ2v) is 3.90. The lowest BCUT2D eigenvalue weighted by Crippen LogP contribution is -2.31. The van der Waals surface area contributed by atoms with E-state index in [1.165, 1.54) is 7.11 Å². The summed E-state index contributed by atoms with van der Waals surface area (Å²) in [6.45, 7) is 1.94. The van der Waals surface area contributed by atoms with E-state index in [0.29, 0.717) is 12.0 Å². The third-order valence-electron chi connectivity index (χ3n) is 2.73. The monoisotopic (exact) mass is 232 g/mol. The largest absolute Gasteiger partial charge is 0.469 e. The average Bonchev–Trinajstić information content (AvgIpc) is 2.37. The summed E-state index contributed by atoms with van der Waals surface area (Å²) in [4.78, 5) is 13.1. The van der Waals surface area contributed by atoms with Crippen LogP contribution in [0.1, 0.15) is 18.9 Å². The van der Waals surface area contributed by atoms with Gasteiger partial charge in [-0.05, 0) is 25.1 Å². The van der Waals surface area contributed by atoms with Crippen LogP contribution in [0, 0.1) is 11.3 Å². The van der Waals surface area contributed by atoms with Crippen LogP contribution in [0.4, 0.5) is 5.69 Å². The van der Waals surface area contributed by atoms with Crippen molar-refractivity contribution in [1.29, 1.82) is 5.26 Å². The van der Waals surface area contributed by atoms with Crippen molar-refractivity contribution in [2.45, 2.75) is 19.4 Å². The zero-order valence-corrected chi connectivity index (χ0v) is 10.3. The highest BCUT2D eigenvalue weighted by Crippen LogP contribution is 2.18. The van der Waals surface area contributed by atoms with Gasteiger partial charge in [0.2, 0.25) is 0 Å². The number of nitrogens with zero attached hydrogens (tertiary/aromatic N) is 2. The number of carbonyl (C=O) groups is 1. The van der Waals surface area contributed by atoms with Gasteiger partial charge in [-0.2, -0.15) is 5.26 Å². The molecule has 0 aromatic heterocycles. The van der Waals surface area contributed by atoms with Crippen molar-refractivity contribution in [2.75, 3.05) is 19.1 Å². The summed E-state index contributed by atoms with van der Waals surface area (Å²) in [5.41, 5.74) is 1.53. The van der Waals surface area contributed by atoms with Gasteiger partial charge in [0, 0.05) is 18.8 Å². The topological polar surface area (TPSA) is 53.3 Å². The number of anilines is 1. The minimum atomic E-state index is -0.235. The van der Waals surface area contributed by atoms with Crippen molar-refractivity contribution in [1.82, 2.24) is 0 Å². The number of esters is 1. The summed E-state index contributed by atoms with van der Waals surface area (Å²) in [6, 6.07) is 9.41. The first kappa shape index (κ1) is 13.0. The maximum Gasteiger partial charge on any atom is 0.307 e. The maximum atomic E-state index is 11.2. The number of hydrogen-bond acceptors (Lipinski definition) is 4. The van der Waals surface area contributed by atoms with Gasteiger partial charge in [0.1, 0.15) is 0 Å². The van der Waals surface area contributed by atoms with E-state index in [2.05, 4.69) is 10.8 Å². The van der Waals surface area contributed by atoms with Gasteiger partial charge in [0.05, 0.1) is 25.2 Å². The Morgan fingerprint density at radius 3 is 2.88 bits per heavy atom. The Balaban J connectivity index is 2.78. The van der Waals surface area contributed by atoms with E-state index in [0.717, 1.165) is 5.69 Å². The molecule has 1 aromatic rings. The summed E-state index contributed by atoms with van der Waals surface area (Å²) in [5, 5.41) is 8.82. The van der Waals surface area contributed by atoms with Gasteiger partial charge >= 0.3 is 5.97 Å². The second-order valence-electron chi connectivity index (χ2n) is 3.90. The summed E-state index contributed by atoms with van der Waals surface area (Å²) >= 11 is 0. The molecule has 1 unspecified atom stereocenters. The zero-order valence-electron chi connectivity index (χ0n) is 10.3. The smallest absolute Gasteiger partial charge is 0.307 e. The van der Waals surface area contributed by atoms with Crippen molar-refractivity contribution in [3.05, 3.63) is 29.8 Å². The van der Waals surface area contributed by atoms with Gasteiger partial charge in [-0.1, -0.05) is 6.07 Å². The van der Waals surface area contributed by atoms with Crippen LogP contribution >= 0.6 is 0 Å². The lowest BCUT2D eigenvalue weighted by Gasteiger charge is -2.26. The molecule has 0 saturated heterocycles. The van der Waals surface area contributed by atoms with Crippen LogP contribution in [-0.4, -0.2) is 26.2 Å². The van der Waals surface area contributed by atoms with Gasteiger partial charge in [0.25, 0.3) is 0 Å². The van der Waals surface area contributed by atoms with Crippen LogP contribution in [0.2, 0.25) is 0 Å². The molecule has 4 heteroatoms. The number of methoxy groups -OCH3 is 1. The van der Waals surface area contributed by atoms with Gasteiger partial charge in [-0.25, -0.2) is 0 Å². The molecular weight excluding hydrogens is 216 g/mol. The number of rotatable bonds is 4. The lowest BCUT2D eigenvalue weighted by atomic mass is 10.1. The van der Waals surface area contributed by atoms with E-state index < -0.39 is 0 Å². The molecule has 0 amide bonds. The SMILES string of the molecule is COC(=O)CC(C)N(C)c1cccc(C#N)c1. The van der Waals surface area contributed by atoms with Gasteiger partial charge in [0.15, 0.2) is 0 Å². The van der Waals surface area contributed by atoms with Crippen LogP contribution < -0.4 is 4.90 Å².